The lowest BCUT2D eigenvalue weighted by atomic mass is 10.1. The first kappa shape index (κ1) is 17.1. The quantitative estimate of drug-likeness (QED) is 0.917. The molecule has 1 aromatic carbocycles. The fourth-order valence-electron chi connectivity index (χ4n) is 2.70. The van der Waals surface area contributed by atoms with Gasteiger partial charge in [0.15, 0.2) is 0 Å². The lowest BCUT2D eigenvalue weighted by Gasteiger charge is -2.25. The van der Waals surface area contributed by atoms with Crippen molar-refractivity contribution in [2.24, 2.45) is 5.92 Å². The highest BCUT2D eigenvalue weighted by Crippen LogP contribution is 2.32. The van der Waals surface area contributed by atoms with Crippen molar-refractivity contribution in [3.63, 3.8) is 0 Å². The molecule has 1 fully saturated rings. The summed E-state index contributed by atoms with van der Waals surface area (Å²) in [4.78, 5) is 1.04. The van der Waals surface area contributed by atoms with Crippen molar-refractivity contribution in [2.75, 3.05) is 18.5 Å². The highest BCUT2D eigenvalue weighted by molar-refractivity contribution is 7.92. The maximum atomic E-state index is 12.5. The van der Waals surface area contributed by atoms with Crippen LogP contribution in [0.5, 0.6) is 0 Å². The predicted octanol–water partition coefficient (Wildman–Crippen LogP) is 2.58. The Morgan fingerprint density at radius 3 is 2.27 bits per heavy atom. The van der Waals surface area contributed by atoms with E-state index in [1.165, 1.54) is 12.1 Å². The molecule has 0 saturated heterocycles. The third-order valence-corrected chi connectivity index (χ3v) is 5.52. The largest absolute Gasteiger partial charge is 0.501 e. The molecule has 124 valence electrons. The lowest BCUT2D eigenvalue weighted by molar-refractivity contribution is -0.0436. The molecule has 0 spiro atoms. The second kappa shape index (κ2) is 6.08. The summed E-state index contributed by atoms with van der Waals surface area (Å²) in [7, 11) is -3.55. The Bertz CT molecular complexity index is 613. The SMILES string of the molecule is CN(CC1CCCC1O)c1ccc(S(=O)(=O)C(F)(F)F)cc1. The van der Waals surface area contributed by atoms with Gasteiger partial charge in [-0.15, -0.1) is 0 Å². The van der Waals surface area contributed by atoms with Crippen LogP contribution < -0.4 is 4.90 Å². The van der Waals surface area contributed by atoms with Gasteiger partial charge in [-0.1, -0.05) is 6.42 Å². The van der Waals surface area contributed by atoms with Gasteiger partial charge in [-0.2, -0.15) is 13.2 Å². The van der Waals surface area contributed by atoms with Crippen LogP contribution in [0.3, 0.4) is 0 Å². The summed E-state index contributed by atoms with van der Waals surface area (Å²) in [6.07, 6.45) is 2.28. The first-order chi connectivity index (χ1) is 10.1. The minimum absolute atomic E-state index is 0.128. The Balaban J connectivity index is 2.12. The number of halogens is 3. The molecule has 8 heteroatoms. The molecular weight excluding hydrogens is 319 g/mol. The van der Waals surface area contributed by atoms with Gasteiger partial charge in [-0.05, 0) is 37.1 Å². The van der Waals surface area contributed by atoms with E-state index < -0.39 is 20.2 Å². The number of rotatable bonds is 4. The first-order valence-corrected chi connectivity index (χ1v) is 8.42. The van der Waals surface area contributed by atoms with E-state index in [0.29, 0.717) is 12.2 Å². The average Bonchev–Trinajstić information content (AvgIpc) is 2.83. The normalized spacial score (nSPS) is 22.8. The van der Waals surface area contributed by atoms with E-state index in [4.69, 9.17) is 0 Å². The molecule has 4 nitrogen and oxygen atoms in total. The number of hydrogen-bond donors (Lipinski definition) is 1. The Labute approximate surface area is 127 Å². The van der Waals surface area contributed by atoms with Crippen LogP contribution in [0.4, 0.5) is 18.9 Å². The third kappa shape index (κ3) is 3.38. The smallest absolute Gasteiger partial charge is 0.393 e. The second-order valence-corrected chi connectivity index (χ2v) is 7.52. The van der Waals surface area contributed by atoms with E-state index in [0.717, 1.165) is 31.4 Å². The fraction of sp³-hybridized carbons (Fsp3) is 0.571. The van der Waals surface area contributed by atoms with Crippen LogP contribution in [0.15, 0.2) is 29.2 Å². The van der Waals surface area contributed by atoms with Crippen molar-refractivity contribution in [3.8, 4) is 0 Å². The molecule has 1 aliphatic rings. The molecule has 1 N–H and O–H groups in total. The van der Waals surface area contributed by atoms with E-state index in [-0.39, 0.29) is 12.0 Å². The Kier molecular flexibility index (Phi) is 4.72. The Hall–Kier alpha value is -1.28. The van der Waals surface area contributed by atoms with Crippen molar-refractivity contribution in [1.82, 2.24) is 0 Å². The summed E-state index contributed by atoms with van der Waals surface area (Å²) < 4.78 is 60.0. The van der Waals surface area contributed by atoms with E-state index >= 15 is 0 Å². The molecule has 2 unspecified atom stereocenters. The topological polar surface area (TPSA) is 57.6 Å². The zero-order valence-corrected chi connectivity index (χ0v) is 12.9. The number of anilines is 1. The van der Waals surface area contributed by atoms with Crippen LogP contribution in [0.25, 0.3) is 0 Å². The number of aliphatic hydroxyl groups is 1. The van der Waals surface area contributed by atoms with Gasteiger partial charge in [0.05, 0.1) is 11.0 Å². The van der Waals surface area contributed by atoms with Crippen LogP contribution in [0.2, 0.25) is 0 Å². The molecule has 2 rings (SSSR count). The molecule has 1 saturated carbocycles. The molecule has 0 aliphatic heterocycles. The number of aliphatic hydroxyl groups excluding tert-OH is 1. The third-order valence-electron chi connectivity index (χ3n) is 4.02. The van der Waals surface area contributed by atoms with Crippen LogP contribution in [0, 0.1) is 5.92 Å². The lowest BCUT2D eigenvalue weighted by Crippen LogP contribution is -2.29. The van der Waals surface area contributed by atoms with Crippen molar-refractivity contribution < 1.29 is 26.7 Å². The van der Waals surface area contributed by atoms with Gasteiger partial charge < -0.3 is 10.0 Å². The molecule has 22 heavy (non-hydrogen) atoms. The molecule has 0 radical (unpaired) electrons. The monoisotopic (exact) mass is 337 g/mol. The van der Waals surface area contributed by atoms with Gasteiger partial charge in [-0.25, -0.2) is 8.42 Å². The Morgan fingerprint density at radius 2 is 1.82 bits per heavy atom. The summed E-state index contributed by atoms with van der Waals surface area (Å²) in [5.74, 6) is 0.128. The van der Waals surface area contributed by atoms with E-state index in [9.17, 15) is 26.7 Å². The van der Waals surface area contributed by atoms with Gasteiger partial charge in [-0.3, -0.25) is 0 Å². The van der Waals surface area contributed by atoms with Crippen molar-refractivity contribution >= 4 is 15.5 Å². The molecule has 0 bridgehead atoms. The molecule has 1 aliphatic carbocycles. The number of alkyl halides is 3. The number of nitrogens with zero attached hydrogens (tertiary/aromatic N) is 1. The van der Waals surface area contributed by atoms with Crippen LogP contribution in [-0.2, 0) is 9.84 Å². The first-order valence-electron chi connectivity index (χ1n) is 6.93. The molecule has 0 heterocycles. The zero-order valence-electron chi connectivity index (χ0n) is 12.0. The summed E-state index contributed by atoms with van der Waals surface area (Å²) >= 11 is 0. The van der Waals surface area contributed by atoms with Crippen molar-refractivity contribution in [2.45, 2.75) is 35.8 Å². The summed E-state index contributed by atoms with van der Waals surface area (Å²) in [5.41, 5.74) is -4.69. The zero-order chi connectivity index (χ0) is 16.5. The molecule has 0 aromatic heterocycles. The number of sulfone groups is 1. The summed E-state index contributed by atoms with van der Waals surface area (Å²) in [6, 6.07) is 4.61. The van der Waals surface area contributed by atoms with Gasteiger partial charge in [0.2, 0.25) is 0 Å². The van der Waals surface area contributed by atoms with E-state index in [1.54, 1.807) is 7.05 Å². The minimum atomic E-state index is -5.31. The minimum Gasteiger partial charge on any atom is -0.393 e. The fourth-order valence-corrected chi connectivity index (χ4v) is 3.46. The maximum Gasteiger partial charge on any atom is 0.501 e. The van der Waals surface area contributed by atoms with Crippen LogP contribution >= 0.6 is 0 Å². The van der Waals surface area contributed by atoms with Gasteiger partial charge in [0.1, 0.15) is 0 Å². The van der Waals surface area contributed by atoms with Crippen molar-refractivity contribution in [1.29, 1.82) is 0 Å². The summed E-state index contributed by atoms with van der Waals surface area (Å²) in [5, 5.41) is 9.79. The average molecular weight is 337 g/mol. The van der Waals surface area contributed by atoms with E-state index in [2.05, 4.69) is 0 Å². The number of hydrogen-bond acceptors (Lipinski definition) is 4. The molecule has 0 amide bonds. The maximum absolute atomic E-state index is 12.5. The summed E-state index contributed by atoms with van der Waals surface area (Å²) in [6.45, 7) is 0.576. The van der Waals surface area contributed by atoms with Crippen LogP contribution in [0.1, 0.15) is 19.3 Å². The molecule has 2 atom stereocenters. The van der Waals surface area contributed by atoms with E-state index in [1.807, 2.05) is 4.90 Å². The number of benzene rings is 1. The molecule has 1 aromatic rings. The highest BCUT2D eigenvalue weighted by atomic mass is 32.2. The highest BCUT2D eigenvalue weighted by Gasteiger charge is 2.46. The van der Waals surface area contributed by atoms with Crippen LogP contribution in [-0.4, -0.2) is 38.7 Å². The molecular formula is C14H18F3NO3S. The standard InChI is InChI=1S/C14H18F3NO3S/c1-18(9-10-3-2-4-13(10)19)11-5-7-12(8-6-11)22(20,21)14(15,16)17/h5-8,10,13,19H,2-4,9H2,1H3. The Morgan fingerprint density at radius 1 is 1.23 bits per heavy atom. The second-order valence-electron chi connectivity index (χ2n) is 5.58. The van der Waals surface area contributed by atoms with Crippen molar-refractivity contribution in [3.05, 3.63) is 24.3 Å². The van der Waals surface area contributed by atoms with Gasteiger partial charge >= 0.3 is 5.51 Å². The van der Waals surface area contributed by atoms with Gasteiger partial charge in [0, 0.05) is 25.2 Å². The van der Waals surface area contributed by atoms with Gasteiger partial charge in [0.25, 0.3) is 9.84 Å². The predicted molar refractivity (Wildman–Crippen MR) is 76.3 cm³/mol.